The normalized spacial score (nSPS) is 19.2. The summed E-state index contributed by atoms with van der Waals surface area (Å²) in [6.45, 7) is 4.59. The zero-order valence-electron chi connectivity index (χ0n) is 16.7. The molecule has 2 atom stereocenters. The van der Waals surface area contributed by atoms with Gasteiger partial charge in [0.25, 0.3) is 0 Å². The number of carbonyl (C=O) groups excluding carboxylic acids is 2. The van der Waals surface area contributed by atoms with Crippen molar-refractivity contribution in [2.24, 2.45) is 0 Å². The third-order valence-electron chi connectivity index (χ3n) is 4.27. The Morgan fingerprint density at radius 3 is 2.34 bits per heavy atom. The molecule has 1 aliphatic rings. The number of amides is 2. The van der Waals surface area contributed by atoms with E-state index in [-0.39, 0.29) is 26.1 Å². The molecule has 2 rings (SSSR count). The smallest absolute Gasteiger partial charge is 0.411 e. The Morgan fingerprint density at radius 1 is 1.14 bits per heavy atom. The average molecular weight is 403 g/mol. The predicted molar refractivity (Wildman–Crippen MR) is 102 cm³/mol. The molecule has 0 spiro atoms. The first-order valence-electron chi connectivity index (χ1n) is 9.19. The van der Waals surface area contributed by atoms with Crippen LogP contribution in [-0.2, 0) is 20.9 Å². The molecule has 0 bridgehead atoms. The Balaban J connectivity index is 2.16. The lowest BCUT2D eigenvalue weighted by atomic mass is 10.1. The highest BCUT2D eigenvalue weighted by atomic mass is 16.6. The van der Waals surface area contributed by atoms with Gasteiger partial charge in [-0.1, -0.05) is 30.3 Å². The molecule has 2 amide bonds. The third-order valence-corrected chi connectivity index (χ3v) is 4.27. The molecule has 0 aliphatic carbocycles. The van der Waals surface area contributed by atoms with E-state index < -0.39 is 35.8 Å². The van der Waals surface area contributed by atoms with Gasteiger partial charge >= 0.3 is 18.2 Å². The summed E-state index contributed by atoms with van der Waals surface area (Å²) in [6.07, 6.45) is -1.61. The van der Waals surface area contributed by atoms with Crippen LogP contribution in [0.3, 0.4) is 0 Å². The second-order valence-corrected chi connectivity index (χ2v) is 7.70. The molecular formula is C20H25N3O6. The van der Waals surface area contributed by atoms with Crippen molar-refractivity contribution in [2.75, 3.05) is 13.1 Å². The molecule has 1 heterocycles. The number of rotatable bonds is 4. The van der Waals surface area contributed by atoms with Gasteiger partial charge in [-0.15, -0.1) is 0 Å². The van der Waals surface area contributed by atoms with Crippen molar-refractivity contribution < 1.29 is 29.0 Å². The molecule has 1 aliphatic heterocycles. The fraction of sp³-hybridized carbons (Fsp3) is 0.500. The number of benzene rings is 1. The summed E-state index contributed by atoms with van der Waals surface area (Å²) in [5, 5.41) is 18.7. The van der Waals surface area contributed by atoms with E-state index in [4.69, 9.17) is 14.7 Å². The van der Waals surface area contributed by atoms with Gasteiger partial charge in [-0.05, 0) is 26.3 Å². The van der Waals surface area contributed by atoms with Crippen molar-refractivity contribution in [1.29, 1.82) is 5.26 Å². The second-order valence-electron chi connectivity index (χ2n) is 7.70. The number of hydrogen-bond donors (Lipinski definition) is 1. The van der Waals surface area contributed by atoms with Crippen LogP contribution < -0.4 is 0 Å². The van der Waals surface area contributed by atoms with Crippen molar-refractivity contribution in [1.82, 2.24) is 9.80 Å². The fourth-order valence-corrected chi connectivity index (χ4v) is 2.93. The highest BCUT2D eigenvalue weighted by Crippen LogP contribution is 2.22. The minimum atomic E-state index is -1.30. The molecule has 2 unspecified atom stereocenters. The maximum Gasteiger partial charge on any atom is 0.411 e. The summed E-state index contributed by atoms with van der Waals surface area (Å²) >= 11 is 0. The number of carbonyl (C=O) groups is 3. The maximum absolute atomic E-state index is 12.6. The summed E-state index contributed by atoms with van der Waals surface area (Å²) in [6, 6.07) is 9.00. The monoisotopic (exact) mass is 403 g/mol. The molecule has 1 aromatic carbocycles. The van der Waals surface area contributed by atoms with Crippen LogP contribution in [0.5, 0.6) is 0 Å². The van der Waals surface area contributed by atoms with Gasteiger partial charge in [0.15, 0.2) is 6.04 Å². The van der Waals surface area contributed by atoms with E-state index in [0.29, 0.717) is 0 Å². The Morgan fingerprint density at radius 2 is 1.79 bits per heavy atom. The van der Waals surface area contributed by atoms with Crippen molar-refractivity contribution in [2.45, 2.75) is 51.5 Å². The fourth-order valence-electron chi connectivity index (χ4n) is 2.93. The molecule has 0 aromatic heterocycles. The van der Waals surface area contributed by atoms with Gasteiger partial charge in [0.1, 0.15) is 12.2 Å². The Labute approximate surface area is 169 Å². The lowest BCUT2D eigenvalue weighted by Gasteiger charge is -2.43. The van der Waals surface area contributed by atoms with Crippen LogP contribution in [0.25, 0.3) is 0 Å². The molecule has 9 heteroatoms. The van der Waals surface area contributed by atoms with E-state index in [9.17, 15) is 19.5 Å². The highest BCUT2D eigenvalue weighted by Gasteiger charge is 2.44. The Bertz CT molecular complexity index is 784. The molecule has 29 heavy (non-hydrogen) atoms. The molecule has 0 radical (unpaired) electrons. The van der Waals surface area contributed by atoms with Crippen molar-refractivity contribution in [3.63, 3.8) is 0 Å². The van der Waals surface area contributed by atoms with E-state index >= 15 is 0 Å². The second kappa shape index (κ2) is 9.28. The largest absolute Gasteiger partial charge is 0.480 e. The van der Waals surface area contributed by atoms with Crippen LogP contribution in [0.4, 0.5) is 9.59 Å². The molecule has 156 valence electrons. The van der Waals surface area contributed by atoms with Crippen LogP contribution in [0.15, 0.2) is 30.3 Å². The van der Waals surface area contributed by atoms with Crippen molar-refractivity contribution >= 4 is 18.2 Å². The maximum atomic E-state index is 12.6. The van der Waals surface area contributed by atoms with Crippen molar-refractivity contribution in [3.05, 3.63) is 35.9 Å². The van der Waals surface area contributed by atoms with E-state index in [0.717, 1.165) is 10.5 Å². The number of carboxylic acid groups (broad SMARTS) is 1. The molecule has 1 fully saturated rings. The van der Waals surface area contributed by atoms with E-state index in [1.165, 1.54) is 4.90 Å². The predicted octanol–water partition coefficient (Wildman–Crippen LogP) is 2.61. The van der Waals surface area contributed by atoms with E-state index in [2.05, 4.69) is 0 Å². The minimum Gasteiger partial charge on any atom is -0.480 e. The van der Waals surface area contributed by atoms with Crippen LogP contribution in [-0.4, -0.2) is 63.8 Å². The first-order chi connectivity index (χ1) is 13.6. The molecule has 1 aromatic rings. The first-order valence-corrected chi connectivity index (χ1v) is 9.19. The van der Waals surface area contributed by atoms with Gasteiger partial charge in [0.2, 0.25) is 0 Å². The number of nitriles is 1. The molecular weight excluding hydrogens is 378 g/mol. The van der Waals surface area contributed by atoms with E-state index in [1.54, 1.807) is 32.9 Å². The number of nitrogens with zero attached hydrogens (tertiary/aromatic N) is 3. The lowest BCUT2D eigenvalue weighted by Crippen LogP contribution is -2.64. The number of hydrogen-bond acceptors (Lipinski definition) is 6. The van der Waals surface area contributed by atoms with Crippen LogP contribution in [0.1, 0.15) is 32.8 Å². The minimum absolute atomic E-state index is 0.0168. The molecule has 1 saturated heterocycles. The van der Waals surface area contributed by atoms with Gasteiger partial charge in [-0.25, -0.2) is 14.4 Å². The number of carboxylic acids is 1. The summed E-state index contributed by atoms with van der Waals surface area (Å²) in [5.74, 6) is -1.27. The van der Waals surface area contributed by atoms with Crippen LogP contribution in [0.2, 0.25) is 0 Å². The summed E-state index contributed by atoms with van der Waals surface area (Å²) in [7, 11) is 0. The van der Waals surface area contributed by atoms with Crippen LogP contribution >= 0.6 is 0 Å². The number of aliphatic carboxylic acids is 1. The quantitative estimate of drug-likeness (QED) is 0.820. The van der Waals surface area contributed by atoms with Gasteiger partial charge in [0, 0.05) is 6.54 Å². The van der Waals surface area contributed by atoms with Crippen LogP contribution in [0, 0.1) is 11.3 Å². The van der Waals surface area contributed by atoms with Gasteiger partial charge in [-0.3, -0.25) is 9.80 Å². The topological polar surface area (TPSA) is 120 Å². The number of piperazine rings is 1. The highest BCUT2D eigenvalue weighted by molar-refractivity contribution is 5.82. The van der Waals surface area contributed by atoms with Gasteiger partial charge in [-0.2, -0.15) is 5.26 Å². The van der Waals surface area contributed by atoms with E-state index in [1.807, 2.05) is 24.3 Å². The lowest BCUT2D eigenvalue weighted by molar-refractivity contribution is -0.146. The zero-order valence-corrected chi connectivity index (χ0v) is 16.7. The summed E-state index contributed by atoms with van der Waals surface area (Å²) in [4.78, 5) is 39.1. The Hall–Kier alpha value is -3.28. The molecule has 1 N–H and O–H groups in total. The average Bonchev–Trinajstić information content (AvgIpc) is 2.65. The number of ether oxygens (including phenoxy) is 2. The first kappa shape index (κ1) is 22.0. The summed E-state index contributed by atoms with van der Waals surface area (Å²) in [5.41, 5.74) is -0.0313. The van der Waals surface area contributed by atoms with Gasteiger partial charge in [0.05, 0.1) is 25.1 Å². The molecule has 9 nitrogen and oxygen atoms in total. The SMILES string of the molecule is CC(C)(C)OC(=O)N1CC(CC#N)N(C(=O)OCc2ccccc2)CC1C(=O)O. The van der Waals surface area contributed by atoms with Gasteiger partial charge < -0.3 is 14.6 Å². The van der Waals surface area contributed by atoms with Crippen molar-refractivity contribution in [3.8, 4) is 6.07 Å². The third kappa shape index (κ3) is 6.10. The zero-order chi connectivity index (χ0) is 21.6. The Kier molecular flexibility index (Phi) is 7.04. The molecule has 0 saturated carbocycles. The standard InChI is InChI=1S/C20H25N3O6/c1-20(2,3)29-19(27)23-11-15(9-10-21)22(12-16(23)17(24)25)18(26)28-13-14-7-5-4-6-8-14/h4-8,15-16H,9,11-13H2,1-3H3,(H,24,25). The summed E-state index contributed by atoms with van der Waals surface area (Å²) < 4.78 is 10.6.